The Morgan fingerprint density at radius 3 is 2.71 bits per heavy atom. The van der Waals surface area contributed by atoms with Crippen LogP contribution in [0, 0.1) is 6.92 Å². The first-order chi connectivity index (χ1) is 11.7. The topological polar surface area (TPSA) is 33.5 Å². The van der Waals surface area contributed by atoms with E-state index in [2.05, 4.69) is 57.5 Å². The largest absolute Gasteiger partial charge is 0.383 e. The molecule has 1 fully saturated rings. The van der Waals surface area contributed by atoms with Gasteiger partial charge in [-0.25, -0.2) is 4.98 Å². The van der Waals surface area contributed by atoms with Crippen LogP contribution in [0.1, 0.15) is 18.3 Å². The van der Waals surface area contributed by atoms with Crippen LogP contribution >= 0.6 is 0 Å². The molecule has 1 aromatic carbocycles. The molecule has 0 spiro atoms. The Kier molecular flexibility index (Phi) is 5.53. The van der Waals surface area contributed by atoms with Crippen LogP contribution in [-0.4, -0.2) is 53.8 Å². The molecule has 1 saturated heterocycles. The third-order valence-corrected chi connectivity index (χ3v) is 4.85. The third-order valence-electron chi connectivity index (χ3n) is 4.85. The fourth-order valence-electron chi connectivity index (χ4n) is 3.29. The van der Waals surface area contributed by atoms with E-state index in [1.54, 1.807) is 7.11 Å². The van der Waals surface area contributed by atoms with E-state index in [1.807, 2.05) is 12.4 Å². The lowest BCUT2D eigenvalue weighted by Gasteiger charge is -2.40. The monoisotopic (exact) mass is 328 g/mol. The molecule has 2 aromatic rings. The number of methoxy groups -OCH3 is 1. The number of hydrogen-bond acceptors (Lipinski definition) is 4. The number of aryl methyl sites for hydroxylation is 1. The van der Waals surface area contributed by atoms with Gasteiger partial charge in [0.15, 0.2) is 0 Å². The van der Waals surface area contributed by atoms with Crippen LogP contribution in [0.2, 0.25) is 0 Å². The predicted octanol–water partition coefficient (Wildman–Crippen LogP) is 2.55. The molecule has 5 nitrogen and oxygen atoms in total. The maximum atomic E-state index is 5.18. The Morgan fingerprint density at radius 1 is 1.21 bits per heavy atom. The Labute approximate surface area is 144 Å². The number of nitrogens with zero attached hydrogens (tertiary/aromatic N) is 4. The summed E-state index contributed by atoms with van der Waals surface area (Å²) in [6.45, 7) is 10.1. The highest BCUT2D eigenvalue weighted by atomic mass is 16.5. The summed E-state index contributed by atoms with van der Waals surface area (Å²) in [5, 5.41) is 0. The van der Waals surface area contributed by atoms with Gasteiger partial charge in [0, 0.05) is 57.4 Å². The van der Waals surface area contributed by atoms with Crippen molar-refractivity contribution in [2.24, 2.45) is 0 Å². The Morgan fingerprint density at radius 2 is 2.00 bits per heavy atom. The molecule has 0 bridgehead atoms. The summed E-state index contributed by atoms with van der Waals surface area (Å²) in [7, 11) is 1.74. The molecule has 1 atom stereocenters. The van der Waals surface area contributed by atoms with Gasteiger partial charge in [-0.2, -0.15) is 0 Å². The van der Waals surface area contributed by atoms with Crippen molar-refractivity contribution in [3.8, 4) is 0 Å². The summed E-state index contributed by atoms with van der Waals surface area (Å²) in [5.74, 6) is 1.13. The molecule has 0 unspecified atom stereocenters. The second kappa shape index (κ2) is 7.81. The van der Waals surface area contributed by atoms with Crippen LogP contribution in [-0.2, 0) is 17.8 Å². The van der Waals surface area contributed by atoms with Gasteiger partial charge in [-0.3, -0.25) is 4.90 Å². The van der Waals surface area contributed by atoms with Crippen molar-refractivity contribution < 1.29 is 4.74 Å². The summed E-state index contributed by atoms with van der Waals surface area (Å²) in [6, 6.07) is 9.36. The molecule has 0 N–H and O–H groups in total. The van der Waals surface area contributed by atoms with Gasteiger partial charge < -0.3 is 14.2 Å². The molecule has 0 aliphatic carbocycles. The minimum Gasteiger partial charge on any atom is -0.383 e. The summed E-state index contributed by atoms with van der Waals surface area (Å²) in [5.41, 5.74) is 2.64. The SMILES string of the molecule is COCCn1ccnc1CN1CCN(c2ccc(C)cc2)C[C@@H]1C. The van der Waals surface area contributed by atoms with Crippen LogP contribution in [0.3, 0.4) is 0 Å². The summed E-state index contributed by atoms with van der Waals surface area (Å²) in [4.78, 5) is 9.54. The van der Waals surface area contributed by atoms with Gasteiger partial charge in [-0.05, 0) is 26.0 Å². The molecule has 130 valence electrons. The fraction of sp³-hybridized carbons (Fsp3) is 0.526. The second-order valence-corrected chi connectivity index (χ2v) is 6.63. The van der Waals surface area contributed by atoms with Crippen LogP contribution in [0.4, 0.5) is 5.69 Å². The van der Waals surface area contributed by atoms with Crippen molar-refractivity contribution in [2.75, 3.05) is 38.3 Å². The van der Waals surface area contributed by atoms with Crippen LogP contribution < -0.4 is 4.90 Å². The predicted molar refractivity (Wildman–Crippen MR) is 97.4 cm³/mol. The van der Waals surface area contributed by atoms with Gasteiger partial charge in [0.05, 0.1) is 13.2 Å². The number of anilines is 1. The van der Waals surface area contributed by atoms with Crippen LogP contribution in [0.25, 0.3) is 0 Å². The Balaban J connectivity index is 1.60. The number of rotatable bonds is 6. The average molecular weight is 328 g/mol. The van der Waals surface area contributed by atoms with Gasteiger partial charge >= 0.3 is 0 Å². The Hall–Kier alpha value is -1.85. The first-order valence-electron chi connectivity index (χ1n) is 8.72. The standard InChI is InChI=1S/C19H28N4O/c1-16-4-6-18(7-5-16)23-11-10-22(17(2)14-23)15-19-20-8-9-21(19)12-13-24-3/h4-9,17H,10-15H2,1-3H3/t17-/m0/s1. The van der Waals surface area contributed by atoms with E-state index < -0.39 is 0 Å². The summed E-state index contributed by atoms with van der Waals surface area (Å²) >= 11 is 0. The number of aromatic nitrogens is 2. The molecular formula is C19H28N4O. The first kappa shape index (κ1) is 17.0. The lowest BCUT2D eigenvalue weighted by atomic mass is 10.1. The minimum absolute atomic E-state index is 0.507. The number of benzene rings is 1. The molecule has 5 heteroatoms. The van der Waals surface area contributed by atoms with Crippen molar-refractivity contribution in [1.82, 2.24) is 14.5 Å². The number of ether oxygens (including phenoxy) is 1. The van der Waals surface area contributed by atoms with E-state index in [0.717, 1.165) is 45.2 Å². The van der Waals surface area contributed by atoms with E-state index >= 15 is 0 Å². The lowest BCUT2D eigenvalue weighted by Crippen LogP contribution is -2.51. The van der Waals surface area contributed by atoms with Gasteiger partial charge in [0.1, 0.15) is 5.82 Å². The van der Waals surface area contributed by atoms with Gasteiger partial charge in [0.25, 0.3) is 0 Å². The molecule has 2 heterocycles. The fourth-order valence-corrected chi connectivity index (χ4v) is 3.29. The number of imidazole rings is 1. The van der Waals surface area contributed by atoms with Gasteiger partial charge in [-0.15, -0.1) is 0 Å². The first-order valence-corrected chi connectivity index (χ1v) is 8.72. The lowest BCUT2D eigenvalue weighted by molar-refractivity contribution is 0.166. The molecule has 0 amide bonds. The molecule has 1 aliphatic rings. The highest BCUT2D eigenvalue weighted by Crippen LogP contribution is 2.20. The van der Waals surface area contributed by atoms with Crippen molar-refractivity contribution in [1.29, 1.82) is 0 Å². The third kappa shape index (κ3) is 3.97. The molecule has 3 rings (SSSR count). The zero-order valence-corrected chi connectivity index (χ0v) is 15.0. The number of piperazine rings is 1. The molecular weight excluding hydrogens is 300 g/mol. The molecule has 0 radical (unpaired) electrons. The van der Waals surface area contributed by atoms with E-state index in [9.17, 15) is 0 Å². The summed E-state index contributed by atoms with van der Waals surface area (Å²) in [6.07, 6.45) is 3.93. The molecule has 1 aliphatic heterocycles. The normalized spacial score (nSPS) is 19.0. The maximum absolute atomic E-state index is 5.18. The Bertz CT molecular complexity index is 637. The second-order valence-electron chi connectivity index (χ2n) is 6.63. The van der Waals surface area contributed by atoms with Crippen molar-refractivity contribution >= 4 is 5.69 Å². The smallest absolute Gasteiger partial charge is 0.122 e. The van der Waals surface area contributed by atoms with Crippen molar-refractivity contribution in [3.05, 3.63) is 48.0 Å². The van der Waals surface area contributed by atoms with Gasteiger partial charge in [0.2, 0.25) is 0 Å². The molecule has 24 heavy (non-hydrogen) atoms. The van der Waals surface area contributed by atoms with Crippen LogP contribution in [0.5, 0.6) is 0 Å². The number of hydrogen-bond donors (Lipinski definition) is 0. The highest BCUT2D eigenvalue weighted by Gasteiger charge is 2.24. The molecule has 1 aromatic heterocycles. The average Bonchev–Trinajstić information content (AvgIpc) is 3.02. The quantitative estimate of drug-likeness (QED) is 0.816. The van der Waals surface area contributed by atoms with E-state index in [1.165, 1.54) is 11.3 Å². The van der Waals surface area contributed by atoms with Crippen molar-refractivity contribution in [3.63, 3.8) is 0 Å². The van der Waals surface area contributed by atoms with Crippen LogP contribution in [0.15, 0.2) is 36.7 Å². The van der Waals surface area contributed by atoms with E-state index in [-0.39, 0.29) is 0 Å². The zero-order valence-electron chi connectivity index (χ0n) is 15.0. The minimum atomic E-state index is 0.507. The van der Waals surface area contributed by atoms with E-state index in [0.29, 0.717) is 6.04 Å². The van der Waals surface area contributed by atoms with E-state index in [4.69, 9.17) is 4.74 Å². The zero-order chi connectivity index (χ0) is 16.9. The maximum Gasteiger partial charge on any atom is 0.122 e. The highest BCUT2D eigenvalue weighted by molar-refractivity contribution is 5.48. The summed E-state index contributed by atoms with van der Waals surface area (Å²) < 4.78 is 7.38. The van der Waals surface area contributed by atoms with Gasteiger partial charge in [-0.1, -0.05) is 17.7 Å². The molecule has 0 saturated carbocycles. The van der Waals surface area contributed by atoms with Crippen molar-refractivity contribution in [2.45, 2.75) is 33.0 Å².